The lowest BCUT2D eigenvalue weighted by molar-refractivity contribution is 0.0696. The van der Waals surface area contributed by atoms with Crippen molar-refractivity contribution in [2.24, 2.45) is 0 Å². The van der Waals surface area contributed by atoms with E-state index in [0.717, 1.165) is 6.42 Å². The highest BCUT2D eigenvalue weighted by molar-refractivity contribution is 5.88. The third-order valence-corrected chi connectivity index (χ3v) is 2.31. The van der Waals surface area contributed by atoms with Crippen molar-refractivity contribution in [1.82, 2.24) is 0 Å². The van der Waals surface area contributed by atoms with E-state index in [2.05, 4.69) is 0 Å². The van der Waals surface area contributed by atoms with Gasteiger partial charge in [-0.3, -0.25) is 0 Å². The zero-order valence-corrected chi connectivity index (χ0v) is 9.69. The zero-order chi connectivity index (χ0) is 12.1. The summed E-state index contributed by atoms with van der Waals surface area (Å²) in [7, 11) is 1.49. The van der Waals surface area contributed by atoms with Gasteiger partial charge in [0.15, 0.2) is 11.5 Å². The van der Waals surface area contributed by atoms with E-state index in [0.29, 0.717) is 11.5 Å². The molecule has 1 atom stereocenters. The van der Waals surface area contributed by atoms with Crippen LogP contribution < -0.4 is 9.47 Å². The number of carboxylic acids is 1. The van der Waals surface area contributed by atoms with E-state index in [1.807, 2.05) is 13.8 Å². The zero-order valence-electron chi connectivity index (χ0n) is 9.69. The van der Waals surface area contributed by atoms with Crippen molar-refractivity contribution < 1.29 is 19.4 Å². The number of ether oxygens (including phenoxy) is 2. The minimum absolute atomic E-state index is 0.0737. The lowest BCUT2D eigenvalue weighted by Gasteiger charge is -2.15. The van der Waals surface area contributed by atoms with Crippen molar-refractivity contribution in [3.05, 3.63) is 23.8 Å². The highest BCUT2D eigenvalue weighted by Gasteiger charge is 2.11. The monoisotopic (exact) mass is 224 g/mol. The summed E-state index contributed by atoms with van der Waals surface area (Å²) in [6.45, 7) is 3.97. The van der Waals surface area contributed by atoms with Gasteiger partial charge >= 0.3 is 5.97 Å². The first-order valence-corrected chi connectivity index (χ1v) is 5.16. The van der Waals surface area contributed by atoms with Gasteiger partial charge in [0.1, 0.15) is 0 Å². The minimum atomic E-state index is -0.978. The molecule has 0 saturated carbocycles. The van der Waals surface area contributed by atoms with Gasteiger partial charge in [-0.1, -0.05) is 6.92 Å². The van der Waals surface area contributed by atoms with Gasteiger partial charge in [-0.2, -0.15) is 0 Å². The molecule has 0 saturated heterocycles. The van der Waals surface area contributed by atoms with Crippen molar-refractivity contribution in [1.29, 1.82) is 0 Å². The molecule has 88 valence electrons. The molecule has 4 nitrogen and oxygen atoms in total. The van der Waals surface area contributed by atoms with E-state index < -0.39 is 5.97 Å². The molecule has 0 aliphatic carbocycles. The standard InChI is InChI=1S/C12H16O4/c1-4-8(2)16-10-6-5-9(12(13)14)7-11(10)15-3/h5-8H,4H2,1-3H3,(H,13,14)/t8-/m0/s1. The lowest BCUT2D eigenvalue weighted by atomic mass is 10.2. The van der Waals surface area contributed by atoms with Crippen LogP contribution in [-0.4, -0.2) is 24.3 Å². The fourth-order valence-corrected chi connectivity index (χ4v) is 1.20. The summed E-state index contributed by atoms with van der Waals surface area (Å²) in [5.41, 5.74) is 0.188. The molecule has 16 heavy (non-hydrogen) atoms. The summed E-state index contributed by atoms with van der Waals surface area (Å²) in [6, 6.07) is 4.58. The topological polar surface area (TPSA) is 55.8 Å². The average Bonchev–Trinajstić information content (AvgIpc) is 2.29. The number of carboxylic acid groups (broad SMARTS) is 1. The summed E-state index contributed by atoms with van der Waals surface area (Å²) in [5.74, 6) is 0.0374. The van der Waals surface area contributed by atoms with Crippen LogP contribution in [0.2, 0.25) is 0 Å². The van der Waals surface area contributed by atoms with E-state index in [1.165, 1.54) is 19.2 Å². The summed E-state index contributed by atoms with van der Waals surface area (Å²) in [4.78, 5) is 10.8. The molecule has 0 aliphatic rings. The quantitative estimate of drug-likeness (QED) is 0.835. The Labute approximate surface area is 94.8 Å². The smallest absolute Gasteiger partial charge is 0.335 e. The maximum atomic E-state index is 10.8. The summed E-state index contributed by atoms with van der Waals surface area (Å²) in [6.07, 6.45) is 0.952. The van der Waals surface area contributed by atoms with Gasteiger partial charge < -0.3 is 14.6 Å². The fraction of sp³-hybridized carbons (Fsp3) is 0.417. The molecule has 0 aromatic heterocycles. The number of hydrogen-bond donors (Lipinski definition) is 1. The van der Waals surface area contributed by atoms with E-state index in [-0.39, 0.29) is 11.7 Å². The summed E-state index contributed by atoms with van der Waals surface area (Å²) < 4.78 is 10.7. The molecule has 1 N–H and O–H groups in total. The molecular weight excluding hydrogens is 208 g/mol. The lowest BCUT2D eigenvalue weighted by Crippen LogP contribution is -2.10. The number of aromatic carboxylic acids is 1. The summed E-state index contributed by atoms with van der Waals surface area (Å²) in [5, 5.41) is 8.83. The number of carbonyl (C=O) groups is 1. The predicted molar refractivity (Wildman–Crippen MR) is 60.3 cm³/mol. The molecule has 1 aromatic rings. The summed E-state index contributed by atoms with van der Waals surface area (Å²) >= 11 is 0. The first kappa shape index (κ1) is 12.4. The second kappa shape index (κ2) is 5.39. The normalized spacial score (nSPS) is 11.9. The van der Waals surface area contributed by atoms with Crippen molar-refractivity contribution >= 4 is 5.97 Å². The Bertz CT molecular complexity index is 373. The highest BCUT2D eigenvalue weighted by atomic mass is 16.5. The van der Waals surface area contributed by atoms with E-state index in [1.54, 1.807) is 6.07 Å². The molecule has 0 fully saturated rings. The van der Waals surface area contributed by atoms with E-state index in [9.17, 15) is 4.79 Å². The Morgan fingerprint density at radius 3 is 2.62 bits per heavy atom. The molecule has 0 amide bonds. The molecule has 0 heterocycles. The number of benzene rings is 1. The third kappa shape index (κ3) is 2.89. The Balaban J connectivity index is 2.97. The SMILES string of the molecule is CC[C@H](C)Oc1ccc(C(=O)O)cc1OC. The van der Waals surface area contributed by atoms with Gasteiger partial charge in [0, 0.05) is 0 Å². The number of hydrogen-bond acceptors (Lipinski definition) is 3. The van der Waals surface area contributed by atoms with Gasteiger partial charge in [0.05, 0.1) is 18.8 Å². The minimum Gasteiger partial charge on any atom is -0.493 e. The van der Waals surface area contributed by atoms with Crippen LogP contribution in [0.25, 0.3) is 0 Å². The Kier molecular flexibility index (Phi) is 4.17. The third-order valence-electron chi connectivity index (χ3n) is 2.31. The number of rotatable bonds is 5. The van der Waals surface area contributed by atoms with Crippen LogP contribution in [0.15, 0.2) is 18.2 Å². The van der Waals surface area contributed by atoms with E-state index >= 15 is 0 Å². The van der Waals surface area contributed by atoms with Gasteiger partial charge in [-0.15, -0.1) is 0 Å². The first-order valence-electron chi connectivity index (χ1n) is 5.16. The Hall–Kier alpha value is -1.71. The number of methoxy groups -OCH3 is 1. The second-order valence-electron chi connectivity index (χ2n) is 3.51. The van der Waals surface area contributed by atoms with Crippen molar-refractivity contribution in [2.75, 3.05) is 7.11 Å². The molecule has 1 rings (SSSR count). The van der Waals surface area contributed by atoms with Crippen LogP contribution in [0, 0.1) is 0 Å². The van der Waals surface area contributed by atoms with Gasteiger partial charge in [0.25, 0.3) is 0 Å². The van der Waals surface area contributed by atoms with Crippen molar-refractivity contribution in [3.63, 3.8) is 0 Å². The maximum absolute atomic E-state index is 10.8. The van der Waals surface area contributed by atoms with Crippen LogP contribution >= 0.6 is 0 Å². The largest absolute Gasteiger partial charge is 0.493 e. The van der Waals surface area contributed by atoms with Crippen molar-refractivity contribution in [3.8, 4) is 11.5 Å². The molecule has 0 unspecified atom stereocenters. The molecule has 1 aromatic carbocycles. The maximum Gasteiger partial charge on any atom is 0.335 e. The average molecular weight is 224 g/mol. The molecule has 4 heteroatoms. The van der Waals surface area contributed by atoms with Gasteiger partial charge in [-0.05, 0) is 31.5 Å². The van der Waals surface area contributed by atoms with E-state index in [4.69, 9.17) is 14.6 Å². The molecular formula is C12H16O4. The predicted octanol–water partition coefficient (Wildman–Crippen LogP) is 2.57. The highest BCUT2D eigenvalue weighted by Crippen LogP contribution is 2.29. The van der Waals surface area contributed by atoms with Crippen LogP contribution in [0.3, 0.4) is 0 Å². The van der Waals surface area contributed by atoms with Crippen LogP contribution in [0.1, 0.15) is 30.6 Å². The van der Waals surface area contributed by atoms with Crippen LogP contribution in [-0.2, 0) is 0 Å². The Morgan fingerprint density at radius 1 is 1.44 bits per heavy atom. The molecule has 0 spiro atoms. The van der Waals surface area contributed by atoms with Crippen LogP contribution in [0.4, 0.5) is 0 Å². The second-order valence-corrected chi connectivity index (χ2v) is 3.51. The Morgan fingerprint density at radius 2 is 2.12 bits per heavy atom. The first-order chi connectivity index (χ1) is 7.58. The van der Waals surface area contributed by atoms with Crippen molar-refractivity contribution in [2.45, 2.75) is 26.4 Å². The molecule has 0 aliphatic heterocycles. The fourth-order valence-electron chi connectivity index (χ4n) is 1.20. The van der Waals surface area contributed by atoms with Gasteiger partial charge in [-0.25, -0.2) is 4.79 Å². The molecule has 0 bridgehead atoms. The molecule has 0 radical (unpaired) electrons. The van der Waals surface area contributed by atoms with Gasteiger partial charge in [0.2, 0.25) is 0 Å². The van der Waals surface area contributed by atoms with Crippen LogP contribution in [0.5, 0.6) is 11.5 Å².